The van der Waals surface area contributed by atoms with Gasteiger partial charge in [-0.3, -0.25) is 4.79 Å². The monoisotopic (exact) mass is 345 g/mol. The van der Waals surface area contributed by atoms with E-state index in [0.717, 1.165) is 4.47 Å². The van der Waals surface area contributed by atoms with Crippen LogP contribution >= 0.6 is 15.9 Å². The van der Waals surface area contributed by atoms with Crippen LogP contribution in [0.2, 0.25) is 0 Å². The van der Waals surface area contributed by atoms with E-state index in [1.54, 1.807) is 42.5 Å². The van der Waals surface area contributed by atoms with Gasteiger partial charge in [-0.15, -0.1) is 0 Å². The van der Waals surface area contributed by atoms with Gasteiger partial charge in [0, 0.05) is 4.47 Å². The van der Waals surface area contributed by atoms with Gasteiger partial charge in [-0.2, -0.15) is 5.26 Å². The zero-order valence-electron chi connectivity index (χ0n) is 11.0. The second-order valence-electron chi connectivity index (χ2n) is 4.18. The topological polar surface area (TPSA) is 88.1 Å². The molecule has 0 heterocycles. The molecule has 21 heavy (non-hydrogen) atoms. The molecule has 3 N–H and O–H groups in total. The zero-order chi connectivity index (χ0) is 15.2. The minimum Gasteiger partial charge on any atom is -0.482 e. The molecule has 106 valence electrons. The number of nitrogens with one attached hydrogen (secondary N) is 1. The highest BCUT2D eigenvalue weighted by atomic mass is 79.9. The van der Waals surface area contributed by atoms with Crippen LogP contribution in [-0.2, 0) is 4.79 Å². The lowest BCUT2D eigenvalue weighted by Crippen LogP contribution is -2.21. The van der Waals surface area contributed by atoms with Crippen molar-refractivity contribution in [1.82, 2.24) is 0 Å². The number of nitrogen functional groups attached to an aromatic ring is 1. The molecule has 2 rings (SSSR count). The quantitative estimate of drug-likeness (QED) is 0.833. The first kappa shape index (κ1) is 14.9. The molecule has 0 fully saturated rings. The van der Waals surface area contributed by atoms with Crippen LogP contribution in [0.1, 0.15) is 5.56 Å². The number of carbonyl (C=O) groups is 1. The molecule has 0 aromatic heterocycles. The molecule has 1 amide bonds. The third-order valence-electron chi connectivity index (χ3n) is 2.65. The Kier molecular flexibility index (Phi) is 4.80. The minimum atomic E-state index is -0.368. The fraction of sp³-hybridized carbons (Fsp3) is 0.0667. The molecule has 6 heteroatoms. The average molecular weight is 346 g/mol. The molecule has 0 atom stereocenters. The van der Waals surface area contributed by atoms with E-state index in [1.165, 1.54) is 0 Å². The summed E-state index contributed by atoms with van der Waals surface area (Å²) in [6.07, 6.45) is 0. The van der Waals surface area contributed by atoms with Crippen LogP contribution in [0, 0.1) is 11.3 Å². The van der Waals surface area contributed by atoms with E-state index in [0.29, 0.717) is 22.7 Å². The van der Waals surface area contributed by atoms with Crippen LogP contribution in [0.25, 0.3) is 0 Å². The fourth-order valence-corrected chi connectivity index (χ4v) is 2.02. The number of hydrogen-bond acceptors (Lipinski definition) is 4. The number of halogens is 1. The first-order valence-corrected chi connectivity index (χ1v) is 6.86. The standard InChI is InChI=1S/C15H12BrN3O2/c16-11-6-5-10(8-17)13(7-11)19-15(20)9-21-14-4-2-1-3-12(14)18/h1-7H,9,18H2,(H,19,20). The Morgan fingerprint density at radius 2 is 2.10 bits per heavy atom. The molecule has 0 bridgehead atoms. The van der Waals surface area contributed by atoms with Crippen molar-refractivity contribution in [1.29, 1.82) is 5.26 Å². The van der Waals surface area contributed by atoms with Gasteiger partial charge in [0.25, 0.3) is 5.91 Å². The largest absolute Gasteiger partial charge is 0.482 e. The number of amides is 1. The van der Waals surface area contributed by atoms with Crippen molar-refractivity contribution < 1.29 is 9.53 Å². The van der Waals surface area contributed by atoms with Crippen molar-refractivity contribution in [2.45, 2.75) is 0 Å². The molecule has 5 nitrogen and oxygen atoms in total. The minimum absolute atomic E-state index is 0.189. The second kappa shape index (κ2) is 6.77. The van der Waals surface area contributed by atoms with Crippen molar-refractivity contribution in [2.75, 3.05) is 17.7 Å². The summed E-state index contributed by atoms with van der Waals surface area (Å²) >= 11 is 3.29. The van der Waals surface area contributed by atoms with Gasteiger partial charge < -0.3 is 15.8 Å². The van der Waals surface area contributed by atoms with Gasteiger partial charge in [0.15, 0.2) is 6.61 Å². The molecule has 0 spiro atoms. The summed E-state index contributed by atoms with van der Waals surface area (Å²) in [7, 11) is 0. The Morgan fingerprint density at radius 1 is 1.33 bits per heavy atom. The summed E-state index contributed by atoms with van der Waals surface area (Å²) in [6.45, 7) is -0.189. The molecule has 0 radical (unpaired) electrons. The summed E-state index contributed by atoms with van der Waals surface area (Å²) < 4.78 is 6.11. The first-order valence-electron chi connectivity index (χ1n) is 6.07. The molecule has 0 saturated heterocycles. The molecule has 0 aliphatic heterocycles. The van der Waals surface area contributed by atoms with E-state index in [2.05, 4.69) is 21.2 Å². The van der Waals surface area contributed by atoms with Crippen molar-refractivity contribution in [3.63, 3.8) is 0 Å². The lowest BCUT2D eigenvalue weighted by molar-refractivity contribution is -0.118. The number of nitrogens with zero attached hydrogens (tertiary/aromatic N) is 1. The third kappa shape index (κ3) is 3.97. The predicted molar refractivity (Wildman–Crippen MR) is 83.8 cm³/mol. The van der Waals surface area contributed by atoms with Crippen molar-refractivity contribution in [3.05, 3.63) is 52.5 Å². The van der Waals surface area contributed by atoms with Gasteiger partial charge in [0.2, 0.25) is 0 Å². The average Bonchev–Trinajstić information content (AvgIpc) is 2.47. The molecular weight excluding hydrogens is 334 g/mol. The Labute approximate surface area is 130 Å². The summed E-state index contributed by atoms with van der Waals surface area (Å²) in [4.78, 5) is 11.9. The maximum Gasteiger partial charge on any atom is 0.262 e. The maximum atomic E-state index is 11.9. The van der Waals surface area contributed by atoms with Crippen LogP contribution in [-0.4, -0.2) is 12.5 Å². The molecular formula is C15H12BrN3O2. The smallest absolute Gasteiger partial charge is 0.262 e. The molecule has 2 aromatic carbocycles. The number of anilines is 2. The van der Waals surface area contributed by atoms with E-state index in [1.807, 2.05) is 6.07 Å². The molecule has 0 saturated carbocycles. The van der Waals surface area contributed by atoms with Crippen molar-refractivity contribution in [3.8, 4) is 11.8 Å². The van der Waals surface area contributed by atoms with E-state index >= 15 is 0 Å². The summed E-state index contributed by atoms with van der Waals surface area (Å²) in [5.41, 5.74) is 6.99. The van der Waals surface area contributed by atoms with Crippen LogP contribution in [0.5, 0.6) is 5.75 Å². The molecule has 2 aromatic rings. The number of nitrogens with two attached hydrogens (primary N) is 1. The lowest BCUT2D eigenvalue weighted by Gasteiger charge is -2.10. The number of nitriles is 1. The van der Waals surface area contributed by atoms with Crippen molar-refractivity contribution >= 4 is 33.2 Å². The number of ether oxygens (including phenoxy) is 1. The Morgan fingerprint density at radius 3 is 2.81 bits per heavy atom. The Bertz CT molecular complexity index is 710. The highest BCUT2D eigenvalue weighted by Crippen LogP contribution is 2.22. The highest BCUT2D eigenvalue weighted by Gasteiger charge is 2.09. The number of benzene rings is 2. The van der Waals surface area contributed by atoms with Crippen LogP contribution < -0.4 is 15.8 Å². The normalized spacial score (nSPS) is 9.71. The highest BCUT2D eigenvalue weighted by molar-refractivity contribution is 9.10. The van der Waals surface area contributed by atoms with E-state index < -0.39 is 0 Å². The molecule has 0 aliphatic carbocycles. The summed E-state index contributed by atoms with van der Waals surface area (Å²) in [5, 5.41) is 11.6. The van der Waals surface area contributed by atoms with Crippen LogP contribution in [0.4, 0.5) is 11.4 Å². The van der Waals surface area contributed by atoms with Gasteiger partial charge >= 0.3 is 0 Å². The second-order valence-corrected chi connectivity index (χ2v) is 5.09. The predicted octanol–water partition coefficient (Wildman–Crippen LogP) is 2.92. The van der Waals surface area contributed by atoms with Crippen LogP contribution in [0.15, 0.2) is 46.9 Å². The summed E-state index contributed by atoms with van der Waals surface area (Å²) in [5.74, 6) is 0.0789. The number of rotatable bonds is 4. The SMILES string of the molecule is N#Cc1ccc(Br)cc1NC(=O)COc1ccccc1N. The van der Waals surface area contributed by atoms with Gasteiger partial charge in [0.05, 0.1) is 16.9 Å². The first-order chi connectivity index (χ1) is 10.1. The zero-order valence-corrected chi connectivity index (χ0v) is 12.6. The lowest BCUT2D eigenvalue weighted by atomic mass is 10.2. The van der Waals surface area contributed by atoms with Gasteiger partial charge in [0.1, 0.15) is 11.8 Å². The van der Waals surface area contributed by atoms with Gasteiger partial charge in [-0.1, -0.05) is 28.1 Å². The number of carbonyl (C=O) groups excluding carboxylic acids is 1. The number of para-hydroxylation sites is 2. The third-order valence-corrected chi connectivity index (χ3v) is 3.15. The van der Waals surface area contributed by atoms with Gasteiger partial charge in [-0.05, 0) is 30.3 Å². The number of hydrogen-bond donors (Lipinski definition) is 2. The Hall–Kier alpha value is -2.52. The maximum absolute atomic E-state index is 11.9. The van der Waals surface area contributed by atoms with Crippen molar-refractivity contribution in [2.24, 2.45) is 0 Å². The van der Waals surface area contributed by atoms with Gasteiger partial charge in [-0.25, -0.2) is 0 Å². The molecule has 0 aliphatic rings. The fourth-order valence-electron chi connectivity index (χ4n) is 1.66. The van der Waals surface area contributed by atoms with E-state index in [-0.39, 0.29) is 12.5 Å². The molecule has 0 unspecified atom stereocenters. The van der Waals surface area contributed by atoms with E-state index in [4.69, 9.17) is 15.7 Å². The Balaban J connectivity index is 2.01. The van der Waals surface area contributed by atoms with E-state index in [9.17, 15) is 4.79 Å². The summed E-state index contributed by atoms with van der Waals surface area (Å²) in [6, 6.07) is 14.0. The van der Waals surface area contributed by atoms with Crippen LogP contribution in [0.3, 0.4) is 0 Å².